The summed E-state index contributed by atoms with van der Waals surface area (Å²) in [7, 11) is 0. The quantitative estimate of drug-likeness (QED) is 0.848. The smallest absolute Gasteiger partial charge is 0.160 e. The SMILES string of the molecule is Cc1ccc(C(O)Cc2ccc(C=O)s2)s1. The van der Waals surface area contributed by atoms with Crippen molar-refractivity contribution in [3.05, 3.63) is 43.8 Å². The summed E-state index contributed by atoms with van der Waals surface area (Å²) in [6, 6.07) is 7.66. The van der Waals surface area contributed by atoms with Gasteiger partial charge in [-0.05, 0) is 31.2 Å². The maximum atomic E-state index is 10.5. The minimum Gasteiger partial charge on any atom is -0.387 e. The summed E-state index contributed by atoms with van der Waals surface area (Å²) in [6.07, 6.45) is 0.964. The lowest BCUT2D eigenvalue weighted by molar-refractivity contribution is 0.112. The van der Waals surface area contributed by atoms with E-state index in [-0.39, 0.29) is 0 Å². The average molecular weight is 252 g/mol. The number of aliphatic hydroxyl groups is 1. The second-order valence-corrected chi connectivity index (χ2v) is 6.11. The van der Waals surface area contributed by atoms with Crippen LogP contribution in [-0.4, -0.2) is 11.4 Å². The van der Waals surface area contributed by atoms with Gasteiger partial charge in [-0.25, -0.2) is 0 Å². The fourth-order valence-corrected chi connectivity index (χ4v) is 3.22. The van der Waals surface area contributed by atoms with Gasteiger partial charge in [0.05, 0.1) is 11.0 Å². The highest BCUT2D eigenvalue weighted by Gasteiger charge is 2.11. The standard InChI is InChI=1S/C12H12O2S2/c1-8-2-5-12(15-8)11(14)6-9-3-4-10(7-13)16-9/h2-5,7,11,14H,6H2,1H3. The first-order chi connectivity index (χ1) is 7.69. The van der Waals surface area contributed by atoms with E-state index in [1.807, 2.05) is 25.1 Å². The molecule has 2 nitrogen and oxygen atoms in total. The first kappa shape index (κ1) is 11.5. The molecule has 0 bridgehead atoms. The van der Waals surface area contributed by atoms with Crippen LogP contribution in [0.5, 0.6) is 0 Å². The molecule has 0 aliphatic rings. The van der Waals surface area contributed by atoms with E-state index in [1.165, 1.54) is 16.2 Å². The molecule has 0 fully saturated rings. The Morgan fingerprint density at radius 3 is 2.69 bits per heavy atom. The van der Waals surface area contributed by atoms with Gasteiger partial charge in [0.25, 0.3) is 0 Å². The van der Waals surface area contributed by atoms with Gasteiger partial charge >= 0.3 is 0 Å². The lowest BCUT2D eigenvalue weighted by atomic mass is 10.2. The average Bonchev–Trinajstić information content (AvgIpc) is 2.87. The molecule has 0 aromatic carbocycles. The van der Waals surface area contributed by atoms with Crippen molar-refractivity contribution in [3.63, 3.8) is 0 Å². The number of rotatable bonds is 4. The Balaban J connectivity index is 2.06. The molecule has 2 aromatic rings. The highest BCUT2D eigenvalue weighted by atomic mass is 32.1. The summed E-state index contributed by atoms with van der Waals surface area (Å²) in [5, 5.41) is 10.00. The first-order valence-electron chi connectivity index (χ1n) is 4.97. The number of carbonyl (C=O) groups excluding carboxylic acids is 1. The molecule has 0 saturated heterocycles. The molecule has 84 valence electrons. The molecule has 2 aromatic heterocycles. The van der Waals surface area contributed by atoms with Crippen LogP contribution in [0, 0.1) is 6.92 Å². The summed E-state index contributed by atoms with van der Waals surface area (Å²) in [5.41, 5.74) is 0. The number of hydrogen-bond acceptors (Lipinski definition) is 4. The van der Waals surface area contributed by atoms with Crippen molar-refractivity contribution in [2.75, 3.05) is 0 Å². The van der Waals surface area contributed by atoms with E-state index in [0.29, 0.717) is 11.3 Å². The van der Waals surface area contributed by atoms with Gasteiger partial charge in [-0.1, -0.05) is 0 Å². The molecule has 0 saturated carbocycles. The van der Waals surface area contributed by atoms with Gasteiger partial charge in [0.1, 0.15) is 0 Å². The Labute approximate surface area is 102 Å². The number of hydrogen-bond donors (Lipinski definition) is 1. The zero-order valence-corrected chi connectivity index (χ0v) is 10.5. The molecular formula is C12H12O2S2. The molecule has 1 unspecified atom stereocenters. The Hall–Kier alpha value is -0.970. The Morgan fingerprint density at radius 2 is 2.12 bits per heavy atom. The third-order valence-electron chi connectivity index (χ3n) is 2.28. The molecule has 1 N–H and O–H groups in total. The minimum atomic E-state index is -0.461. The van der Waals surface area contributed by atoms with Gasteiger partial charge in [0, 0.05) is 21.1 Å². The minimum absolute atomic E-state index is 0.461. The van der Waals surface area contributed by atoms with Gasteiger partial charge in [0.2, 0.25) is 0 Å². The van der Waals surface area contributed by atoms with Crippen LogP contribution in [0.4, 0.5) is 0 Å². The second kappa shape index (κ2) is 4.91. The predicted molar refractivity (Wildman–Crippen MR) is 67.4 cm³/mol. The molecule has 2 rings (SSSR count). The monoisotopic (exact) mass is 252 g/mol. The second-order valence-electron chi connectivity index (χ2n) is 3.59. The zero-order valence-electron chi connectivity index (χ0n) is 8.84. The van der Waals surface area contributed by atoms with Crippen molar-refractivity contribution < 1.29 is 9.90 Å². The van der Waals surface area contributed by atoms with Crippen molar-refractivity contribution in [2.45, 2.75) is 19.4 Å². The van der Waals surface area contributed by atoms with E-state index >= 15 is 0 Å². The lowest BCUT2D eigenvalue weighted by Gasteiger charge is -2.05. The van der Waals surface area contributed by atoms with Crippen molar-refractivity contribution in [2.24, 2.45) is 0 Å². The summed E-state index contributed by atoms with van der Waals surface area (Å²) < 4.78 is 0. The number of carbonyl (C=O) groups is 1. The van der Waals surface area contributed by atoms with Crippen LogP contribution in [0.15, 0.2) is 24.3 Å². The van der Waals surface area contributed by atoms with Crippen LogP contribution < -0.4 is 0 Å². The van der Waals surface area contributed by atoms with Crippen molar-refractivity contribution in [3.8, 4) is 0 Å². The van der Waals surface area contributed by atoms with Gasteiger partial charge in [-0.15, -0.1) is 22.7 Å². The number of aldehydes is 1. The highest BCUT2D eigenvalue weighted by Crippen LogP contribution is 2.27. The van der Waals surface area contributed by atoms with Crippen LogP contribution in [0.1, 0.15) is 30.4 Å². The highest BCUT2D eigenvalue weighted by molar-refractivity contribution is 7.13. The Morgan fingerprint density at radius 1 is 1.31 bits per heavy atom. The molecule has 16 heavy (non-hydrogen) atoms. The van der Waals surface area contributed by atoms with E-state index in [9.17, 15) is 9.90 Å². The zero-order chi connectivity index (χ0) is 11.5. The van der Waals surface area contributed by atoms with E-state index in [4.69, 9.17) is 0 Å². The summed E-state index contributed by atoms with van der Waals surface area (Å²) in [5.74, 6) is 0. The Bertz CT molecular complexity index is 485. The van der Waals surface area contributed by atoms with Crippen LogP contribution in [0.25, 0.3) is 0 Å². The first-order valence-corrected chi connectivity index (χ1v) is 6.60. The van der Waals surface area contributed by atoms with Crippen molar-refractivity contribution in [1.29, 1.82) is 0 Å². The van der Waals surface area contributed by atoms with Gasteiger partial charge in [-0.2, -0.15) is 0 Å². The van der Waals surface area contributed by atoms with Gasteiger partial charge in [0.15, 0.2) is 6.29 Å². The van der Waals surface area contributed by atoms with Crippen LogP contribution >= 0.6 is 22.7 Å². The largest absolute Gasteiger partial charge is 0.387 e. The number of aliphatic hydroxyl groups excluding tert-OH is 1. The Kier molecular flexibility index (Phi) is 3.53. The predicted octanol–water partition coefficient (Wildman–Crippen LogP) is 3.21. The van der Waals surface area contributed by atoms with E-state index in [0.717, 1.165) is 16.0 Å². The molecule has 0 radical (unpaired) electrons. The topological polar surface area (TPSA) is 37.3 Å². The molecule has 0 aliphatic carbocycles. The fraction of sp³-hybridized carbons (Fsp3) is 0.250. The summed E-state index contributed by atoms with van der Waals surface area (Å²) in [4.78, 5) is 14.5. The third kappa shape index (κ3) is 2.58. The molecular weight excluding hydrogens is 240 g/mol. The molecule has 4 heteroatoms. The van der Waals surface area contributed by atoms with Crippen molar-refractivity contribution in [1.82, 2.24) is 0 Å². The van der Waals surface area contributed by atoms with Crippen LogP contribution in [-0.2, 0) is 6.42 Å². The number of thiophene rings is 2. The van der Waals surface area contributed by atoms with E-state index in [2.05, 4.69) is 0 Å². The fourth-order valence-electron chi connectivity index (χ4n) is 1.49. The molecule has 1 atom stereocenters. The van der Waals surface area contributed by atoms with Gasteiger partial charge < -0.3 is 5.11 Å². The summed E-state index contributed by atoms with van der Waals surface area (Å²) in [6.45, 7) is 2.02. The van der Waals surface area contributed by atoms with E-state index < -0.39 is 6.10 Å². The maximum absolute atomic E-state index is 10.5. The molecule has 0 spiro atoms. The van der Waals surface area contributed by atoms with Crippen LogP contribution in [0.3, 0.4) is 0 Å². The molecule has 0 amide bonds. The van der Waals surface area contributed by atoms with Gasteiger partial charge in [-0.3, -0.25) is 4.79 Å². The van der Waals surface area contributed by atoms with Crippen molar-refractivity contribution >= 4 is 29.0 Å². The number of aryl methyl sites for hydroxylation is 1. The normalized spacial score (nSPS) is 12.6. The third-order valence-corrected chi connectivity index (χ3v) is 4.42. The molecule has 2 heterocycles. The summed E-state index contributed by atoms with van der Waals surface area (Å²) >= 11 is 3.05. The maximum Gasteiger partial charge on any atom is 0.160 e. The van der Waals surface area contributed by atoms with Crippen LogP contribution in [0.2, 0.25) is 0 Å². The lowest BCUT2D eigenvalue weighted by Crippen LogP contribution is -1.97. The molecule has 0 aliphatic heterocycles. The van der Waals surface area contributed by atoms with E-state index in [1.54, 1.807) is 17.4 Å².